The SMILES string of the molecule is CNCc1ccc(S(=O)(=O)NC(C)CN2CCOCC2)s1. The minimum Gasteiger partial charge on any atom is -0.379 e. The van der Waals surface area contributed by atoms with Crippen LogP contribution in [0.5, 0.6) is 0 Å². The molecule has 120 valence electrons. The standard InChI is InChI=1S/C13H23N3O3S2/c1-11(10-16-5-7-19-8-6-16)15-21(17,18)13-4-3-12(20-13)9-14-2/h3-4,11,14-15H,5-10H2,1-2H3. The second-order valence-electron chi connectivity index (χ2n) is 5.19. The first-order valence-electron chi connectivity index (χ1n) is 7.07. The number of nitrogens with one attached hydrogen (secondary N) is 2. The molecular formula is C13H23N3O3S2. The molecule has 0 spiro atoms. The fraction of sp³-hybridized carbons (Fsp3) is 0.692. The van der Waals surface area contributed by atoms with Crippen LogP contribution in [0.1, 0.15) is 11.8 Å². The van der Waals surface area contributed by atoms with E-state index in [-0.39, 0.29) is 6.04 Å². The number of thiophene rings is 1. The van der Waals surface area contributed by atoms with E-state index in [1.54, 1.807) is 6.07 Å². The highest BCUT2D eigenvalue weighted by atomic mass is 32.2. The summed E-state index contributed by atoms with van der Waals surface area (Å²) in [6.45, 7) is 6.44. The summed E-state index contributed by atoms with van der Waals surface area (Å²) in [5.41, 5.74) is 0. The quantitative estimate of drug-likeness (QED) is 0.759. The molecular weight excluding hydrogens is 310 g/mol. The first-order chi connectivity index (χ1) is 10.0. The van der Waals surface area contributed by atoms with Crippen LogP contribution < -0.4 is 10.0 Å². The Balaban J connectivity index is 1.92. The summed E-state index contributed by atoms with van der Waals surface area (Å²) in [5, 5.41) is 3.02. The topological polar surface area (TPSA) is 70.7 Å². The molecule has 8 heteroatoms. The fourth-order valence-corrected chi connectivity index (χ4v) is 4.92. The van der Waals surface area contributed by atoms with Gasteiger partial charge in [0.05, 0.1) is 13.2 Å². The summed E-state index contributed by atoms with van der Waals surface area (Å²) in [7, 11) is -1.58. The van der Waals surface area contributed by atoms with E-state index in [9.17, 15) is 8.42 Å². The van der Waals surface area contributed by atoms with Crippen molar-refractivity contribution < 1.29 is 13.2 Å². The highest BCUT2D eigenvalue weighted by Gasteiger charge is 2.21. The Morgan fingerprint density at radius 3 is 2.76 bits per heavy atom. The van der Waals surface area contributed by atoms with Gasteiger partial charge in [0.25, 0.3) is 0 Å². The Hall–Kier alpha value is -0.510. The first kappa shape index (κ1) is 16.9. The summed E-state index contributed by atoms with van der Waals surface area (Å²) < 4.78 is 33.1. The van der Waals surface area contributed by atoms with E-state index in [1.807, 2.05) is 20.0 Å². The summed E-state index contributed by atoms with van der Waals surface area (Å²) in [6.07, 6.45) is 0. The Labute approximate surface area is 130 Å². The van der Waals surface area contributed by atoms with E-state index in [1.165, 1.54) is 11.3 Å². The van der Waals surface area contributed by atoms with E-state index < -0.39 is 10.0 Å². The summed E-state index contributed by atoms with van der Waals surface area (Å²) >= 11 is 1.31. The van der Waals surface area contributed by atoms with Gasteiger partial charge in [-0.05, 0) is 26.1 Å². The minimum absolute atomic E-state index is 0.122. The van der Waals surface area contributed by atoms with Gasteiger partial charge >= 0.3 is 0 Å². The van der Waals surface area contributed by atoms with Crippen molar-refractivity contribution in [1.29, 1.82) is 0 Å². The predicted octanol–water partition coefficient (Wildman–Crippen LogP) is 0.467. The lowest BCUT2D eigenvalue weighted by atomic mass is 10.3. The fourth-order valence-electron chi connectivity index (χ4n) is 2.30. The molecule has 1 aromatic rings. The van der Waals surface area contributed by atoms with Crippen molar-refractivity contribution in [3.05, 3.63) is 17.0 Å². The number of nitrogens with zero attached hydrogens (tertiary/aromatic N) is 1. The Kier molecular flexibility index (Phi) is 6.15. The number of hydrogen-bond donors (Lipinski definition) is 2. The van der Waals surface area contributed by atoms with Crippen molar-refractivity contribution in [3.8, 4) is 0 Å². The normalized spacial score (nSPS) is 18.8. The van der Waals surface area contributed by atoms with Gasteiger partial charge in [0, 0.05) is 37.1 Å². The first-order valence-corrected chi connectivity index (χ1v) is 9.37. The number of rotatable bonds is 7. The van der Waals surface area contributed by atoms with Gasteiger partial charge in [0.2, 0.25) is 10.0 Å². The molecule has 1 saturated heterocycles. The zero-order valence-electron chi connectivity index (χ0n) is 12.5. The zero-order chi connectivity index (χ0) is 15.3. The van der Waals surface area contributed by atoms with Crippen molar-refractivity contribution in [3.63, 3.8) is 0 Å². The second-order valence-corrected chi connectivity index (χ2v) is 8.30. The summed E-state index contributed by atoms with van der Waals surface area (Å²) in [5.74, 6) is 0. The highest BCUT2D eigenvalue weighted by molar-refractivity contribution is 7.91. The Morgan fingerprint density at radius 1 is 1.38 bits per heavy atom. The average molecular weight is 333 g/mol. The van der Waals surface area contributed by atoms with Crippen molar-refractivity contribution in [2.75, 3.05) is 39.9 Å². The average Bonchev–Trinajstić information content (AvgIpc) is 2.89. The van der Waals surface area contributed by atoms with Gasteiger partial charge < -0.3 is 10.1 Å². The Bertz CT molecular complexity index is 539. The van der Waals surface area contributed by atoms with Crippen molar-refractivity contribution in [2.45, 2.75) is 23.7 Å². The lowest BCUT2D eigenvalue weighted by molar-refractivity contribution is 0.0354. The number of ether oxygens (including phenoxy) is 1. The molecule has 1 fully saturated rings. The van der Waals surface area contributed by atoms with Crippen LogP contribution in [-0.4, -0.2) is 59.3 Å². The van der Waals surface area contributed by atoms with E-state index >= 15 is 0 Å². The molecule has 1 aromatic heterocycles. The molecule has 1 unspecified atom stereocenters. The smallest absolute Gasteiger partial charge is 0.250 e. The van der Waals surface area contributed by atoms with Crippen LogP contribution in [0.3, 0.4) is 0 Å². The highest BCUT2D eigenvalue weighted by Crippen LogP contribution is 2.21. The molecule has 1 atom stereocenters. The summed E-state index contributed by atoms with van der Waals surface area (Å²) in [4.78, 5) is 3.23. The molecule has 6 nitrogen and oxygen atoms in total. The van der Waals surface area contributed by atoms with Gasteiger partial charge in [0.1, 0.15) is 4.21 Å². The molecule has 0 bridgehead atoms. The second kappa shape index (κ2) is 7.66. The van der Waals surface area contributed by atoms with Crippen LogP contribution in [0.2, 0.25) is 0 Å². The van der Waals surface area contributed by atoms with Crippen LogP contribution in [0, 0.1) is 0 Å². The molecule has 2 heterocycles. The van der Waals surface area contributed by atoms with Crippen molar-refractivity contribution in [2.24, 2.45) is 0 Å². The van der Waals surface area contributed by atoms with Gasteiger partial charge in [-0.25, -0.2) is 13.1 Å². The van der Waals surface area contributed by atoms with E-state index in [0.29, 0.717) is 17.3 Å². The largest absolute Gasteiger partial charge is 0.379 e. The monoisotopic (exact) mass is 333 g/mol. The number of hydrogen-bond acceptors (Lipinski definition) is 6. The predicted molar refractivity (Wildman–Crippen MR) is 84.1 cm³/mol. The third kappa shape index (κ3) is 5.01. The van der Waals surface area contributed by atoms with Crippen LogP contribution in [0.15, 0.2) is 16.3 Å². The summed E-state index contributed by atoms with van der Waals surface area (Å²) in [6, 6.07) is 3.40. The molecule has 1 aliphatic heterocycles. The van der Waals surface area contributed by atoms with E-state index in [2.05, 4.69) is 14.9 Å². The lowest BCUT2D eigenvalue weighted by Gasteiger charge is -2.29. The number of sulfonamides is 1. The minimum atomic E-state index is -3.42. The van der Waals surface area contributed by atoms with Crippen LogP contribution in [0.4, 0.5) is 0 Å². The molecule has 0 amide bonds. The van der Waals surface area contributed by atoms with Crippen LogP contribution in [-0.2, 0) is 21.3 Å². The third-order valence-electron chi connectivity index (χ3n) is 3.24. The molecule has 0 saturated carbocycles. The Morgan fingerprint density at radius 2 is 2.10 bits per heavy atom. The molecule has 0 radical (unpaired) electrons. The molecule has 1 aliphatic rings. The van der Waals surface area contributed by atoms with Gasteiger partial charge in [-0.15, -0.1) is 11.3 Å². The molecule has 0 aromatic carbocycles. The van der Waals surface area contributed by atoms with Crippen molar-refractivity contribution in [1.82, 2.24) is 14.9 Å². The maximum Gasteiger partial charge on any atom is 0.250 e. The molecule has 2 rings (SSSR count). The van der Waals surface area contributed by atoms with Crippen LogP contribution in [0.25, 0.3) is 0 Å². The molecule has 0 aliphatic carbocycles. The van der Waals surface area contributed by atoms with Crippen molar-refractivity contribution >= 4 is 21.4 Å². The van der Waals surface area contributed by atoms with E-state index in [0.717, 1.165) is 31.2 Å². The third-order valence-corrected chi connectivity index (χ3v) is 6.41. The molecule has 21 heavy (non-hydrogen) atoms. The van der Waals surface area contributed by atoms with Gasteiger partial charge in [-0.2, -0.15) is 0 Å². The van der Waals surface area contributed by atoms with Gasteiger partial charge in [-0.3, -0.25) is 4.90 Å². The maximum absolute atomic E-state index is 12.3. The molecule has 2 N–H and O–H groups in total. The zero-order valence-corrected chi connectivity index (χ0v) is 14.1. The van der Waals surface area contributed by atoms with E-state index in [4.69, 9.17) is 4.74 Å². The van der Waals surface area contributed by atoms with Crippen LogP contribution >= 0.6 is 11.3 Å². The number of morpholine rings is 1. The van der Waals surface area contributed by atoms with Gasteiger partial charge in [-0.1, -0.05) is 0 Å². The maximum atomic E-state index is 12.3. The van der Waals surface area contributed by atoms with Gasteiger partial charge in [0.15, 0.2) is 0 Å². The lowest BCUT2D eigenvalue weighted by Crippen LogP contribution is -2.45.